The molecule has 7 aromatic rings. The quantitative estimate of drug-likeness (QED) is 0.0618. The van der Waals surface area contributed by atoms with Crippen LogP contribution in [0.4, 0.5) is 11.4 Å². The lowest BCUT2D eigenvalue weighted by atomic mass is 9.81. The van der Waals surface area contributed by atoms with E-state index in [1.165, 1.54) is 128 Å². The number of amides is 4. The summed E-state index contributed by atoms with van der Waals surface area (Å²) in [7, 11) is 0. The van der Waals surface area contributed by atoms with Gasteiger partial charge in [-0.1, -0.05) is 189 Å². The third-order valence-corrected chi connectivity index (χ3v) is 19.7. The molecular formula is C68H74N2O4. The molecule has 0 N–H and O–H groups in total. The molecule has 4 amide bonds. The first-order valence-corrected chi connectivity index (χ1v) is 29.6. The number of para-hydroxylation sites is 2. The number of benzene rings is 7. The summed E-state index contributed by atoms with van der Waals surface area (Å²) in [6.07, 6.45) is 33.4. The van der Waals surface area contributed by atoms with Gasteiger partial charge in [-0.05, 0) is 154 Å². The summed E-state index contributed by atoms with van der Waals surface area (Å²) in [6, 6.07) is 29.0. The average Bonchev–Trinajstić information content (AvgIpc) is 3.47. The predicted octanol–water partition coefficient (Wildman–Crippen LogP) is 17.4. The molecule has 0 bridgehead atoms. The Kier molecular flexibility index (Phi) is 13.1. The standard InChI is InChI=1S/C68H74N2O4/c71-65-55-39-35-51-53-37-41-57-62-58(68(74)70(67(57)73)64-49(33-29-45-19-9-3-10-20-45)25-14-26-50(64)34-30-46-21-11-4-12-22-46)42-38-54(60(53)62)52-36-40-56(61(55)59(51)52)66(72)69(65)63-47(31-27-43-15-5-1-6-16-43)23-13-24-48(63)32-28-44-17-7-2-8-18-44/h13-14,23-26,35-46H,1-12,15-22,27-34H2. The molecule has 0 atom stereocenters. The Morgan fingerprint density at radius 3 is 0.784 bits per heavy atom. The van der Waals surface area contributed by atoms with E-state index >= 15 is 19.2 Å². The van der Waals surface area contributed by atoms with Gasteiger partial charge in [0.1, 0.15) is 0 Å². The van der Waals surface area contributed by atoms with Crippen molar-refractivity contribution in [3.63, 3.8) is 0 Å². The summed E-state index contributed by atoms with van der Waals surface area (Å²) in [6.45, 7) is 0. The topological polar surface area (TPSA) is 74.8 Å². The molecular weight excluding hydrogens is 909 g/mol. The fourth-order valence-electron chi connectivity index (χ4n) is 15.7. The molecule has 13 rings (SSSR count). The Hall–Kier alpha value is -5.88. The van der Waals surface area contributed by atoms with Crippen molar-refractivity contribution < 1.29 is 19.2 Å². The van der Waals surface area contributed by atoms with Gasteiger partial charge in [0.2, 0.25) is 0 Å². The van der Waals surface area contributed by atoms with Crippen molar-refractivity contribution in [1.29, 1.82) is 0 Å². The van der Waals surface area contributed by atoms with Crippen molar-refractivity contribution in [2.75, 3.05) is 9.80 Å². The lowest BCUT2D eigenvalue weighted by Gasteiger charge is -2.33. The van der Waals surface area contributed by atoms with Gasteiger partial charge >= 0.3 is 0 Å². The molecule has 74 heavy (non-hydrogen) atoms. The molecule has 2 aliphatic heterocycles. The number of imide groups is 2. The van der Waals surface area contributed by atoms with E-state index in [2.05, 4.69) is 60.7 Å². The van der Waals surface area contributed by atoms with Crippen LogP contribution < -0.4 is 9.80 Å². The molecule has 7 aromatic carbocycles. The maximum absolute atomic E-state index is 15.4. The molecule has 0 saturated heterocycles. The highest BCUT2D eigenvalue weighted by Gasteiger charge is 2.40. The fourth-order valence-corrected chi connectivity index (χ4v) is 15.7. The van der Waals surface area contributed by atoms with Crippen molar-refractivity contribution in [2.45, 2.75) is 180 Å². The number of rotatable bonds is 14. The second-order valence-electron chi connectivity index (χ2n) is 24.1. The second-order valence-corrected chi connectivity index (χ2v) is 24.1. The number of nitrogens with zero attached hydrogens (tertiary/aromatic N) is 2. The minimum Gasteiger partial charge on any atom is -0.268 e. The summed E-state index contributed by atoms with van der Waals surface area (Å²) in [5, 5.41) is 6.89. The Morgan fingerprint density at radius 2 is 0.541 bits per heavy atom. The molecule has 4 fully saturated rings. The van der Waals surface area contributed by atoms with Crippen molar-refractivity contribution in [3.05, 3.63) is 129 Å². The Balaban J connectivity index is 0.886. The molecule has 380 valence electrons. The van der Waals surface area contributed by atoms with Gasteiger partial charge in [0.25, 0.3) is 23.6 Å². The highest BCUT2D eigenvalue weighted by atomic mass is 16.2. The predicted molar refractivity (Wildman–Crippen MR) is 302 cm³/mol. The number of fused-ring (bicyclic) bond motifs is 2. The van der Waals surface area contributed by atoms with Gasteiger partial charge in [0.15, 0.2) is 0 Å². The summed E-state index contributed by atoms with van der Waals surface area (Å²) in [4.78, 5) is 64.6. The molecule has 4 aliphatic carbocycles. The maximum atomic E-state index is 15.4. The zero-order valence-electron chi connectivity index (χ0n) is 43.7. The first kappa shape index (κ1) is 47.8. The molecule has 6 heteroatoms. The largest absolute Gasteiger partial charge is 0.268 e. The number of aryl methyl sites for hydroxylation is 4. The van der Waals surface area contributed by atoms with Crippen LogP contribution in [0.1, 0.15) is 218 Å². The van der Waals surface area contributed by atoms with Crippen LogP contribution in [-0.2, 0) is 25.7 Å². The zero-order chi connectivity index (χ0) is 49.9. The van der Waals surface area contributed by atoms with Crippen LogP contribution in [0.25, 0.3) is 43.1 Å². The van der Waals surface area contributed by atoms with Gasteiger partial charge in [-0.2, -0.15) is 0 Å². The zero-order valence-corrected chi connectivity index (χ0v) is 43.7. The van der Waals surface area contributed by atoms with E-state index in [0.29, 0.717) is 56.7 Å². The van der Waals surface area contributed by atoms with Crippen molar-refractivity contribution >= 4 is 78.1 Å². The highest BCUT2D eigenvalue weighted by Crippen LogP contribution is 2.49. The molecule has 0 aromatic heterocycles. The molecule has 0 radical (unpaired) electrons. The summed E-state index contributed by atoms with van der Waals surface area (Å²) >= 11 is 0. The van der Waals surface area contributed by atoms with Gasteiger partial charge < -0.3 is 0 Å². The van der Waals surface area contributed by atoms with Crippen LogP contribution in [0.15, 0.2) is 84.9 Å². The third kappa shape index (κ3) is 8.45. The lowest BCUT2D eigenvalue weighted by molar-refractivity contribution is 0.0877. The molecule has 0 unspecified atom stereocenters. The first-order valence-electron chi connectivity index (χ1n) is 29.6. The van der Waals surface area contributed by atoms with Crippen LogP contribution in [0.3, 0.4) is 0 Å². The monoisotopic (exact) mass is 983 g/mol. The average molecular weight is 983 g/mol. The number of anilines is 2. The number of hydrogen-bond donors (Lipinski definition) is 0. The molecule has 4 saturated carbocycles. The molecule has 6 aliphatic rings. The van der Waals surface area contributed by atoms with Crippen LogP contribution >= 0.6 is 0 Å². The summed E-state index contributed by atoms with van der Waals surface area (Å²) in [5.74, 6) is 1.73. The van der Waals surface area contributed by atoms with E-state index in [4.69, 9.17) is 0 Å². The molecule has 2 heterocycles. The van der Waals surface area contributed by atoms with E-state index in [0.717, 1.165) is 117 Å². The van der Waals surface area contributed by atoms with E-state index in [1.807, 2.05) is 24.3 Å². The SMILES string of the molecule is O=C1c2ccc3c4ccc5c6c(ccc(c7ccc(c2c37)C(=O)N1c1c(CCC2CCCCC2)cccc1CCC1CCCCC1)c64)C(=O)N(c1c(CCC2CCCCC2)cccc1CCC1CCCCC1)C5=O. The van der Waals surface area contributed by atoms with Gasteiger partial charge in [0, 0.05) is 33.0 Å². The van der Waals surface area contributed by atoms with E-state index in [1.54, 1.807) is 9.80 Å². The van der Waals surface area contributed by atoms with Crippen LogP contribution in [0.2, 0.25) is 0 Å². The van der Waals surface area contributed by atoms with E-state index < -0.39 is 0 Å². The number of hydrogen-bond acceptors (Lipinski definition) is 4. The van der Waals surface area contributed by atoms with Crippen molar-refractivity contribution in [3.8, 4) is 0 Å². The molecule has 0 spiro atoms. The maximum Gasteiger partial charge on any atom is 0.266 e. The summed E-state index contributed by atoms with van der Waals surface area (Å²) in [5.41, 5.74) is 8.31. The molecule has 6 nitrogen and oxygen atoms in total. The van der Waals surface area contributed by atoms with E-state index in [-0.39, 0.29) is 23.6 Å². The van der Waals surface area contributed by atoms with Gasteiger partial charge in [-0.15, -0.1) is 0 Å². The summed E-state index contributed by atoms with van der Waals surface area (Å²) < 4.78 is 0. The normalized spacial score (nSPS) is 19.6. The van der Waals surface area contributed by atoms with Crippen molar-refractivity contribution in [2.24, 2.45) is 23.7 Å². The Morgan fingerprint density at radius 1 is 0.297 bits per heavy atom. The lowest BCUT2D eigenvalue weighted by Crippen LogP contribution is -2.42. The van der Waals surface area contributed by atoms with Crippen molar-refractivity contribution in [1.82, 2.24) is 0 Å². The Labute approximate surface area is 438 Å². The smallest absolute Gasteiger partial charge is 0.266 e. The van der Waals surface area contributed by atoms with Gasteiger partial charge in [-0.25, -0.2) is 9.80 Å². The minimum atomic E-state index is -0.250. The van der Waals surface area contributed by atoms with Gasteiger partial charge in [0.05, 0.1) is 11.4 Å². The van der Waals surface area contributed by atoms with Crippen LogP contribution in [-0.4, -0.2) is 23.6 Å². The third-order valence-electron chi connectivity index (χ3n) is 19.7. The fraction of sp³-hybridized carbons (Fsp3) is 0.471. The van der Waals surface area contributed by atoms with Crippen LogP contribution in [0, 0.1) is 23.7 Å². The van der Waals surface area contributed by atoms with E-state index in [9.17, 15) is 0 Å². The Bertz CT molecular complexity index is 2900. The highest BCUT2D eigenvalue weighted by molar-refractivity contribution is 6.45. The first-order chi connectivity index (χ1) is 36.4. The number of carbonyl (C=O) groups is 4. The minimum absolute atomic E-state index is 0.250. The number of carbonyl (C=O) groups excluding carboxylic acids is 4. The second kappa shape index (κ2) is 20.3. The van der Waals surface area contributed by atoms with Crippen LogP contribution in [0.5, 0.6) is 0 Å². The van der Waals surface area contributed by atoms with Gasteiger partial charge in [-0.3, -0.25) is 19.2 Å².